The van der Waals surface area contributed by atoms with Crippen molar-refractivity contribution in [3.05, 3.63) is 57.9 Å². The Morgan fingerprint density at radius 1 is 1.00 bits per heavy atom. The van der Waals surface area contributed by atoms with E-state index in [1.54, 1.807) is 7.11 Å². The second-order valence-corrected chi connectivity index (χ2v) is 9.62. The number of rotatable bonds is 2. The van der Waals surface area contributed by atoms with Gasteiger partial charge >= 0.3 is 0 Å². The van der Waals surface area contributed by atoms with Crippen LogP contribution in [-0.2, 0) is 0 Å². The number of methoxy groups -OCH3 is 1. The maximum Gasteiger partial charge on any atom is 0.118 e. The van der Waals surface area contributed by atoms with Crippen molar-refractivity contribution < 1.29 is 4.74 Å². The number of hydrogen-bond donors (Lipinski definition) is 0. The Labute approximate surface area is 122 Å². The molecule has 1 aromatic rings. The largest absolute Gasteiger partial charge is 0.497 e. The van der Waals surface area contributed by atoms with Crippen molar-refractivity contribution in [1.82, 2.24) is 0 Å². The van der Waals surface area contributed by atoms with Crippen LogP contribution in [0.4, 0.5) is 0 Å². The summed E-state index contributed by atoms with van der Waals surface area (Å²) in [6.07, 6.45) is 6.50. The summed E-state index contributed by atoms with van der Waals surface area (Å²) < 4.78 is 6.59. The molecule has 0 unspecified atom stereocenters. The van der Waals surface area contributed by atoms with Crippen molar-refractivity contribution in [2.75, 3.05) is 7.11 Å². The number of hydrogen-bond acceptors (Lipinski definition) is 5. The maximum absolute atomic E-state index is 5.20. The van der Waals surface area contributed by atoms with E-state index >= 15 is 0 Å². The van der Waals surface area contributed by atoms with Crippen molar-refractivity contribution in [2.45, 2.75) is 0 Å². The summed E-state index contributed by atoms with van der Waals surface area (Å²) in [6, 6.07) is 8.25. The third kappa shape index (κ3) is 2.50. The van der Waals surface area contributed by atoms with Crippen molar-refractivity contribution in [2.24, 2.45) is 0 Å². The van der Waals surface area contributed by atoms with Gasteiger partial charge in [-0.2, -0.15) is 0 Å². The minimum atomic E-state index is 0.898. The SMILES string of the molecule is COc1ccc(C2=CC=CC2=C2SSSS2)cc1. The van der Waals surface area contributed by atoms with Crippen LogP contribution in [0.25, 0.3) is 5.57 Å². The molecule has 3 rings (SSSR count). The summed E-state index contributed by atoms with van der Waals surface area (Å²) in [5.41, 5.74) is 3.88. The zero-order valence-electron chi connectivity index (χ0n) is 9.58. The highest BCUT2D eigenvalue weighted by atomic mass is 33.7. The molecule has 1 nitrogen and oxygen atoms in total. The van der Waals surface area contributed by atoms with E-state index in [4.69, 9.17) is 4.74 Å². The van der Waals surface area contributed by atoms with E-state index in [1.807, 2.05) is 53.4 Å². The summed E-state index contributed by atoms with van der Waals surface area (Å²) in [6.45, 7) is 0. The zero-order valence-corrected chi connectivity index (χ0v) is 12.8. The minimum Gasteiger partial charge on any atom is -0.497 e. The standard InChI is InChI=1S/C13H10OS4/c1-14-10-7-5-9(6-8-10)11-3-2-4-12(11)13-15-17-18-16-13/h2-8H,1H3. The monoisotopic (exact) mass is 310 g/mol. The predicted molar refractivity (Wildman–Crippen MR) is 87.5 cm³/mol. The van der Waals surface area contributed by atoms with Crippen LogP contribution in [0.1, 0.15) is 5.56 Å². The fourth-order valence-corrected chi connectivity index (χ4v) is 9.33. The van der Waals surface area contributed by atoms with Crippen molar-refractivity contribution in [3.63, 3.8) is 0 Å². The van der Waals surface area contributed by atoms with Gasteiger partial charge in [0.2, 0.25) is 0 Å². The quantitative estimate of drug-likeness (QED) is 0.660. The summed E-state index contributed by atoms with van der Waals surface area (Å²) >= 11 is 0. The molecular weight excluding hydrogens is 300 g/mol. The first-order valence-electron chi connectivity index (χ1n) is 5.34. The molecule has 1 saturated heterocycles. The number of allylic oxidation sites excluding steroid dienone is 5. The lowest BCUT2D eigenvalue weighted by Gasteiger charge is -2.08. The van der Waals surface area contributed by atoms with Crippen LogP contribution in [0, 0.1) is 0 Å². The molecule has 92 valence electrons. The van der Waals surface area contributed by atoms with Crippen LogP contribution >= 0.6 is 41.2 Å². The Bertz CT molecular complexity index is 535. The lowest BCUT2D eigenvalue weighted by Crippen LogP contribution is -1.87. The summed E-state index contributed by atoms with van der Waals surface area (Å²) in [4.78, 5) is 0. The van der Waals surface area contributed by atoms with E-state index in [0.29, 0.717) is 0 Å². The first-order chi connectivity index (χ1) is 8.88. The Morgan fingerprint density at radius 2 is 1.72 bits per heavy atom. The van der Waals surface area contributed by atoms with Crippen LogP contribution in [-0.4, -0.2) is 7.11 Å². The van der Waals surface area contributed by atoms with E-state index in [-0.39, 0.29) is 0 Å². The van der Waals surface area contributed by atoms with Gasteiger partial charge in [0.1, 0.15) is 5.75 Å². The van der Waals surface area contributed by atoms with Gasteiger partial charge in [-0.3, -0.25) is 0 Å². The lowest BCUT2D eigenvalue weighted by molar-refractivity contribution is 0.415. The van der Waals surface area contributed by atoms with E-state index in [2.05, 4.69) is 30.4 Å². The fraction of sp³-hybridized carbons (Fsp3) is 0.0769. The molecule has 18 heavy (non-hydrogen) atoms. The van der Waals surface area contributed by atoms with Gasteiger partial charge in [-0.15, -0.1) is 0 Å². The molecule has 0 amide bonds. The van der Waals surface area contributed by atoms with Crippen LogP contribution in [0.15, 0.2) is 52.3 Å². The van der Waals surface area contributed by atoms with Crippen molar-refractivity contribution in [1.29, 1.82) is 0 Å². The zero-order chi connectivity index (χ0) is 12.4. The topological polar surface area (TPSA) is 9.23 Å². The molecule has 0 N–H and O–H groups in total. The average Bonchev–Trinajstić information content (AvgIpc) is 3.09. The molecule has 0 bridgehead atoms. The maximum atomic E-state index is 5.20. The lowest BCUT2D eigenvalue weighted by atomic mass is 10.0. The van der Waals surface area contributed by atoms with Gasteiger partial charge in [-0.25, -0.2) is 0 Å². The van der Waals surface area contributed by atoms with Crippen LogP contribution < -0.4 is 4.74 Å². The number of ether oxygens (including phenoxy) is 1. The van der Waals surface area contributed by atoms with E-state index in [1.165, 1.54) is 20.9 Å². The fourth-order valence-electron chi connectivity index (χ4n) is 1.81. The Hall–Kier alpha value is -0.360. The average molecular weight is 310 g/mol. The molecule has 1 aromatic carbocycles. The summed E-state index contributed by atoms with van der Waals surface area (Å²) in [5.74, 6) is 0.898. The molecule has 0 aromatic heterocycles. The first kappa shape index (κ1) is 12.7. The molecule has 0 saturated carbocycles. The molecule has 0 spiro atoms. The number of benzene rings is 1. The van der Waals surface area contributed by atoms with Crippen LogP contribution in [0.5, 0.6) is 5.75 Å². The molecule has 1 fully saturated rings. The summed E-state index contributed by atoms with van der Waals surface area (Å²) in [5, 5.41) is 0. The van der Waals surface area contributed by atoms with Crippen molar-refractivity contribution >= 4 is 46.8 Å². The van der Waals surface area contributed by atoms with E-state index < -0.39 is 0 Å². The molecule has 1 aliphatic carbocycles. The molecule has 0 radical (unpaired) electrons. The van der Waals surface area contributed by atoms with E-state index in [9.17, 15) is 0 Å². The molecule has 0 atom stereocenters. The molecular formula is C13H10OS4. The van der Waals surface area contributed by atoms with Gasteiger partial charge in [0.15, 0.2) is 0 Å². The van der Waals surface area contributed by atoms with Gasteiger partial charge < -0.3 is 4.74 Å². The van der Waals surface area contributed by atoms with Gasteiger partial charge in [0.05, 0.1) is 11.3 Å². The predicted octanol–water partition coefficient (Wildman–Crippen LogP) is 5.55. The minimum absolute atomic E-state index is 0.898. The summed E-state index contributed by atoms with van der Waals surface area (Å²) in [7, 11) is 9.06. The molecule has 5 heteroatoms. The van der Waals surface area contributed by atoms with Crippen molar-refractivity contribution in [3.8, 4) is 5.75 Å². The van der Waals surface area contributed by atoms with Crippen LogP contribution in [0.3, 0.4) is 0 Å². The van der Waals surface area contributed by atoms with E-state index in [0.717, 1.165) is 5.75 Å². The normalized spacial score (nSPS) is 18.4. The second kappa shape index (κ2) is 5.74. The van der Waals surface area contributed by atoms with Gasteiger partial charge in [0.25, 0.3) is 0 Å². The third-order valence-corrected chi connectivity index (χ3v) is 9.55. The molecule has 2 aliphatic rings. The van der Waals surface area contributed by atoms with Gasteiger partial charge in [-0.1, -0.05) is 30.4 Å². The Kier molecular flexibility index (Phi) is 4.03. The highest BCUT2D eigenvalue weighted by Gasteiger charge is 2.20. The third-order valence-electron chi connectivity index (χ3n) is 2.68. The van der Waals surface area contributed by atoms with Crippen LogP contribution in [0.2, 0.25) is 0 Å². The van der Waals surface area contributed by atoms with Gasteiger partial charge in [-0.05, 0) is 64.5 Å². The smallest absolute Gasteiger partial charge is 0.118 e. The highest BCUT2D eigenvalue weighted by Crippen LogP contribution is 2.63. The molecule has 1 heterocycles. The highest BCUT2D eigenvalue weighted by molar-refractivity contribution is 9.32. The second-order valence-electron chi connectivity index (χ2n) is 3.67. The van der Waals surface area contributed by atoms with Gasteiger partial charge in [0, 0.05) is 5.57 Å². The Morgan fingerprint density at radius 3 is 2.39 bits per heavy atom. The first-order valence-corrected chi connectivity index (χ1v) is 10.2. The molecule has 1 aliphatic heterocycles. The Balaban J connectivity index is 1.94.